The standard InChI is InChI=1S/C10H14O5S/c1-16(14,15)8-4-2-7(3-5-8)10(13)9(12)6-11/h2-5,9-13H,6H2,1H3. The third-order valence-corrected chi connectivity index (χ3v) is 3.33. The summed E-state index contributed by atoms with van der Waals surface area (Å²) in [6.45, 7) is -0.561. The van der Waals surface area contributed by atoms with Gasteiger partial charge in [0.25, 0.3) is 0 Å². The van der Waals surface area contributed by atoms with Crippen LogP contribution in [-0.2, 0) is 9.84 Å². The van der Waals surface area contributed by atoms with Gasteiger partial charge in [-0.05, 0) is 17.7 Å². The molecular formula is C10H14O5S. The predicted molar refractivity (Wildman–Crippen MR) is 57.6 cm³/mol. The van der Waals surface area contributed by atoms with Crippen LogP contribution >= 0.6 is 0 Å². The fourth-order valence-corrected chi connectivity index (χ4v) is 1.86. The number of rotatable bonds is 4. The monoisotopic (exact) mass is 246 g/mol. The van der Waals surface area contributed by atoms with E-state index in [9.17, 15) is 18.6 Å². The highest BCUT2D eigenvalue weighted by Gasteiger charge is 2.17. The Morgan fingerprint density at radius 1 is 1.19 bits per heavy atom. The Balaban J connectivity index is 2.96. The lowest BCUT2D eigenvalue weighted by Crippen LogP contribution is -2.22. The Kier molecular flexibility index (Phi) is 4.03. The zero-order valence-electron chi connectivity index (χ0n) is 8.74. The van der Waals surface area contributed by atoms with Crippen LogP contribution in [0.1, 0.15) is 11.7 Å². The van der Waals surface area contributed by atoms with Gasteiger partial charge < -0.3 is 15.3 Å². The minimum Gasteiger partial charge on any atom is -0.394 e. The van der Waals surface area contributed by atoms with Gasteiger partial charge in [-0.25, -0.2) is 8.42 Å². The molecule has 0 saturated heterocycles. The fraction of sp³-hybridized carbons (Fsp3) is 0.400. The minimum absolute atomic E-state index is 0.141. The van der Waals surface area contributed by atoms with E-state index in [1.165, 1.54) is 24.3 Å². The SMILES string of the molecule is CS(=O)(=O)c1ccc(C(O)C(O)CO)cc1. The quantitative estimate of drug-likeness (QED) is 0.664. The van der Waals surface area contributed by atoms with Gasteiger partial charge in [-0.15, -0.1) is 0 Å². The maximum absolute atomic E-state index is 11.2. The molecule has 0 aliphatic carbocycles. The summed E-state index contributed by atoms with van der Waals surface area (Å²) in [5.74, 6) is 0. The molecule has 0 radical (unpaired) electrons. The lowest BCUT2D eigenvalue weighted by atomic mass is 10.1. The molecule has 2 unspecified atom stereocenters. The van der Waals surface area contributed by atoms with Crippen molar-refractivity contribution in [3.05, 3.63) is 29.8 Å². The minimum atomic E-state index is -3.26. The van der Waals surface area contributed by atoms with Gasteiger partial charge in [-0.1, -0.05) is 12.1 Å². The van der Waals surface area contributed by atoms with Crippen molar-refractivity contribution in [2.24, 2.45) is 0 Å². The van der Waals surface area contributed by atoms with Crippen LogP contribution in [0, 0.1) is 0 Å². The summed E-state index contributed by atoms with van der Waals surface area (Å²) in [5, 5.41) is 27.4. The molecule has 0 amide bonds. The molecule has 0 saturated carbocycles. The number of benzene rings is 1. The predicted octanol–water partition coefficient (Wildman–Crippen LogP) is -0.523. The first-order chi connectivity index (χ1) is 7.36. The summed E-state index contributed by atoms with van der Waals surface area (Å²) in [5.41, 5.74) is 0.356. The number of aliphatic hydroxyl groups excluding tert-OH is 3. The first-order valence-corrected chi connectivity index (χ1v) is 6.52. The van der Waals surface area contributed by atoms with Crippen molar-refractivity contribution < 1.29 is 23.7 Å². The molecule has 0 bridgehead atoms. The number of hydrogen-bond acceptors (Lipinski definition) is 5. The highest BCUT2D eigenvalue weighted by atomic mass is 32.2. The van der Waals surface area contributed by atoms with Crippen LogP contribution in [0.15, 0.2) is 29.2 Å². The van der Waals surface area contributed by atoms with Crippen molar-refractivity contribution in [1.29, 1.82) is 0 Å². The van der Waals surface area contributed by atoms with Crippen molar-refractivity contribution in [3.63, 3.8) is 0 Å². The average molecular weight is 246 g/mol. The van der Waals surface area contributed by atoms with E-state index >= 15 is 0 Å². The Hall–Kier alpha value is -0.950. The van der Waals surface area contributed by atoms with Crippen molar-refractivity contribution in [2.75, 3.05) is 12.9 Å². The number of aliphatic hydroxyl groups is 3. The second kappa shape index (κ2) is 4.92. The van der Waals surface area contributed by atoms with E-state index in [2.05, 4.69) is 0 Å². The van der Waals surface area contributed by atoms with Gasteiger partial charge in [-0.3, -0.25) is 0 Å². The van der Waals surface area contributed by atoms with Gasteiger partial charge >= 0.3 is 0 Å². The van der Waals surface area contributed by atoms with Gasteiger partial charge in [0.05, 0.1) is 11.5 Å². The van der Waals surface area contributed by atoms with Crippen LogP contribution in [0.4, 0.5) is 0 Å². The Bertz CT molecular complexity index is 437. The maximum atomic E-state index is 11.2. The second-order valence-electron chi connectivity index (χ2n) is 3.54. The molecule has 16 heavy (non-hydrogen) atoms. The van der Waals surface area contributed by atoms with Crippen LogP contribution in [0.5, 0.6) is 0 Å². The molecule has 0 aliphatic heterocycles. The molecule has 0 heterocycles. The smallest absolute Gasteiger partial charge is 0.175 e. The highest BCUT2D eigenvalue weighted by Crippen LogP contribution is 2.19. The number of sulfone groups is 1. The fourth-order valence-electron chi connectivity index (χ4n) is 1.23. The zero-order chi connectivity index (χ0) is 12.3. The van der Waals surface area contributed by atoms with Crippen molar-refractivity contribution in [3.8, 4) is 0 Å². The lowest BCUT2D eigenvalue weighted by Gasteiger charge is -2.15. The third-order valence-electron chi connectivity index (χ3n) is 2.20. The molecule has 90 valence electrons. The van der Waals surface area contributed by atoms with Crippen LogP contribution in [-0.4, -0.2) is 42.7 Å². The zero-order valence-corrected chi connectivity index (χ0v) is 9.55. The van der Waals surface area contributed by atoms with Crippen LogP contribution in [0.3, 0.4) is 0 Å². The molecule has 6 heteroatoms. The van der Waals surface area contributed by atoms with Gasteiger partial charge in [-0.2, -0.15) is 0 Å². The average Bonchev–Trinajstić information content (AvgIpc) is 2.26. The van der Waals surface area contributed by atoms with Crippen LogP contribution in [0.25, 0.3) is 0 Å². The molecule has 1 aromatic rings. The van der Waals surface area contributed by atoms with E-state index in [1.54, 1.807) is 0 Å². The third kappa shape index (κ3) is 3.02. The molecule has 5 nitrogen and oxygen atoms in total. The Morgan fingerprint density at radius 3 is 2.06 bits per heavy atom. The van der Waals surface area contributed by atoms with E-state index in [1.807, 2.05) is 0 Å². The summed E-state index contributed by atoms with van der Waals surface area (Å²) >= 11 is 0. The number of hydrogen-bond donors (Lipinski definition) is 3. The van der Waals surface area contributed by atoms with Gasteiger partial charge in [0.2, 0.25) is 0 Å². The molecule has 3 N–H and O–H groups in total. The highest BCUT2D eigenvalue weighted by molar-refractivity contribution is 7.90. The van der Waals surface area contributed by atoms with E-state index in [-0.39, 0.29) is 4.90 Å². The summed E-state index contributed by atoms with van der Waals surface area (Å²) in [6.07, 6.45) is -1.41. The molecular weight excluding hydrogens is 232 g/mol. The summed E-state index contributed by atoms with van der Waals surface area (Å²) in [6, 6.07) is 5.50. The second-order valence-corrected chi connectivity index (χ2v) is 5.55. The van der Waals surface area contributed by atoms with Crippen molar-refractivity contribution >= 4 is 9.84 Å². The van der Waals surface area contributed by atoms with E-state index in [0.29, 0.717) is 5.56 Å². The molecule has 1 rings (SSSR count). The first kappa shape index (κ1) is 13.1. The van der Waals surface area contributed by atoms with Gasteiger partial charge in [0.15, 0.2) is 9.84 Å². The van der Waals surface area contributed by atoms with Crippen molar-refractivity contribution in [2.45, 2.75) is 17.1 Å². The van der Waals surface area contributed by atoms with E-state index in [4.69, 9.17) is 5.11 Å². The van der Waals surface area contributed by atoms with Crippen LogP contribution < -0.4 is 0 Å². The van der Waals surface area contributed by atoms with Gasteiger partial charge in [0, 0.05) is 6.26 Å². The summed E-state index contributed by atoms with van der Waals surface area (Å²) in [4.78, 5) is 0.141. The summed E-state index contributed by atoms with van der Waals surface area (Å²) < 4.78 is 22.3. The van der Waals surface area contributed by atoms with E-state index < -0.39 is 28.7 Å². The topological polar surface area (TPSA) is 94.8 Å². The molecule has 0 aliphatic rings. The Labute approximate surface area is 93.9 Å². The van der Waals surface area contributed by atoms with Crippen LogP contribution in [0.2, 0.25) is 0 Å². The Morgan fingerprint density at radius 2 is 1.69 bits per heavy atom. The molecule has 0 fully saturated rings. The first-order valence-electron chi connectivity index (χ1n) is 4.63. The van der Waals surface area contributed by atoms with Gasteiger partial charge in [0.1, 0.15) is 12.2 Å². The maximum Gasteiger partial charge on any atom is 0.175 e. The lowest BCUT2D eigenvalue weighted by molar-refractivity contribution is -0.0152. The normalized spacial score (nSPS) is 15.8. The molecule has 2 atom stereocenters. The largest absolute Gasteiger partial charge is 0.394 e. The summed E-state index contributed by atoms with van der Waals surface area (Å²) in [7, 11) is -3.26. The van der Waals surface area contributed by atoms with E-state index in [0.717, 1.165) is 6.26 Å². The van der Waals surface area contributed by atoms with Crippen molar-refractivity contribution in [1.82, 2.24) is 0 Å². The molecule has 1 aromatic carbocycles. The molecule has 0 aromatic heterocycles. The molecule has 0 spiro atoms.